The minimum Gasteiger partial charge on any atom is -0.508 e. The topological polar surface area (TPSA) is 108 Å². The summed E-state index contributed by atoms with van der Waals surface area (Å²) in [6.45, 7) is 1.90. The van der Waals surface area contributed by atoms with Crippen molar-refractivity contribution in [2.75, 3.05) is 0 Å². The van der Waals surface area contributed by atoms with Crippen LogP contribution in [0.1, 0.15) is 12.5 Å². The zero-order valence-corrected chi connectivity index (χ0v) is 14.5. The van der Waals surface area contributed by atoms with Gasteiger partial charge in [-0.1, -0.05) is 37.3 Å². The molecule has 0 aliphatic heterocycles. The Morgan fingerprint density at radius 2 is 1.52 bits per heavy atom. The molecule has 0 atom stereocenters. The molecule has 27 heavy (non-hydrogen) atoms. The van der Waals surface area contributed by atoms with Crippen LogP contribution in [0.15, 0.2) is 70.9 Å². The fourth-order valence-electron chi connectivity index (χ4n) is 2.72. The van der Waals surface area contributed by atoms with Crippen LogP contribution < -0.4 is 0 Å². The van der Waals surface area contributed by atoms with Crippen molar-refractivity contribution in [2.45, 2.75) is 13.3 Å². The van der Waals surface area contributed by atoms with Crippen molar-refractivity contribution in [2.24, 2.45) is 10.2 Å². The summed E-state index contributed by atoms with van der Waals surface area (Å²) in [6, 6.07) is 16.1. The zero-order chi connectivity index (χ0) is 19.4. The average Bonchev–Trinajstić information content (AvgIpc) is 2.67. The first kappa shape index (κ1) is 18.1. The van der Waals surface area contributed by atoms with Crippen LogP contribution in [0, 0.1) is 10.1 Å². The maximum absolute atomic E-state index is 11.1. The number of hydrogen-bond acceptors (Lipinski definition) is 6. The van der Waals surface area contributed by atoms with Crippen LogP contribution in [0.25, 0.3) is 11.1 Å². The quantitative estimate of drug-likeness (QED) is 0.347. The van der Waals surface area contributed by atoms with Crippen LogP contribution in [-0.2, 0) is 6.42 Å². The molecule has 3 rings (SSSR count). The van der Waals surface area contributed by atoms with Gasteiger partial charge in [-0.05, 0) is 30.2 Å². The van der Waals surface area contributed by atoms with Gasteiger partial charge in [0.25, 0.3) is 5.69 Å². The Labute approximate surface area is 155 Å². The molecule has 0 saturated heterocycles. The Hall–Kier alpha value is -3.74. The normalized spacial score (nSPS) is 11.0. The number of hydrogen-bond donors (Lipinski definition) is 2. The van der Waals surface area contributed by atoms with E-state index in [-0.39, 0.29) is 22.9 Å². The molecule has 3 aromatic carbocycles. The molecular weight excluding hydrogens is 346 g/mol. The van der Waals surface area contributed by atoms with Gasteiger partial charge in [0.2, 0.25) is 0 Å². The van der Waals surface area contributed by atoms with Gasteiger partial charge in [-0.25, -0.2) is 0 Å². The molecule has 0 aliphatic carbocycles. The lowest BCUT2D eigenvalue weighted by atomic mass is 9.99. The third-order valence-electron chi connectivity index (χ3n) is 4.12. The predicted molar refractivity (Wildman–Crippen MR) is 102 cm³/mol. The second-order valence-corrected chi connectivity index (χ2v) is 5.81. The first-order valence-electron chi connectivity index (χ1n) is 8.30. The molecule has 0 saturated carbocycles. The van der Waals surface area contributed by atoms with Crippen LogP contribution in [-0.4, -0.2) is 15.1 Å². The molecule has 0 bridgehead atoms. The Balaban J connectivity index is 2.08. The number of aryl methyl sites for hydroxylation is 1. The van der Waals surface area contributed by atoms with Gasteiger partial charge in [-0.2, -0.15) is 0 Å². The highest BCUT2D eigenvalue weighted by atomic mass is 16.6. The summed E-state index contributed by atoms with van der Waals surface area (Å²) < 4.78 is 0. The largest absolute Gasteiger partial charge is 0.508 e. The van der Waals surface area contributed by atoms with E-state index < -0.39 is 4.92 Å². The number of aromatic hydroxyl groups is 2. The van der Waals surface area contributed by atoms with Crippen molar-refractivity contribution in [3.8, 4) is 22.6 Å². The van der Waals surface area contributed by atoms with Gasteiger partial charge >= 0.3 is 0 Å². The third kappa shape index (κ3) is 3.77. The van der Waals surface area contributed by atoms with E-state index >= 15 is 0 Å². The van der Waals surface area contributed by atoms with Crippen molar-refractivity contribution in [1.29, 1.82) is 0 Å². The summed E-state index contributed by atoms with van der Waals surface area (Å²) in [4.78, 5) is 10.6. The lowest BCUT2D eigenvalue weighted by molar-refractivity contribution is -0.384. The fraction of sp³-hybridized carbons (Fsp3) is 0.100. The van der Waals surface area contributed by atoms with E-state index in [1.54, 1.807) is 42.5 Å². The average molecular weight is 363 g/mol. The van der Waals surface area contributed by atoms with Gasteiger partial charge in [0.1, 0.15) is 11.5 Å². The smallest absolute Gasteiger partial charge is 0.296 e. The van der Waals surface area contributed by atoms with Gasteiger partial charge in [-0.3, -0.25) is 10.1 Å². The standard InChI is InChI=1S/C20H17N3O4/c1-2-13-11-15(20(25)12-19(13)24)14-7-3-4-8-16(14)21-22-17-9-5-6-10-18(17)23(26)27/h3-12,24-25H,2H2,1H3. The summed E-state index contributed by atoms with van der Waals surface area (Å²) in [5.41, 5.74) is 2.24. The molecule has 0 aromatic heterocycles. The van der Waals surface area contributed by atoms with Crippen molar-refractivity contribution >= 4 is 17.1 Å². The number of azo groups is 1. The van der Waals surface area contributed by atoms with Crippen molar-refractivity contribution in [3.05, 3.63) is 76.3 Å². The van der Waals surface area contributed by atoms with E-state index in [1.165, 1.54) is 18.2 Å². The Morgan fingerprint density at radius 1 is 0.889 bits per heavy atom. The molecule has 136 valence electrons. The highest BCUT2D eigenvalue weighted by Gasteiger charge is 2.14. The van der Waals surface area contributed by atoms with Crippen molar-refractivity contribution in [1.82, 2.24) is 0 Å². The van der Waals surface area contributed by atoms with Crippen LogP contribution in [0.4, 0.5) is 17.1 Å². The monoisotopic (exact) mass is 363 g/mol. The number of nitro benzene ring substituents is 1. The zero-order valence-electron chi connectivity index (χ0n) is 14.5. The maximum atomic E-state index is 11.1. The lowest BCUT2D eigenvalue weighted by Crippen LogP contribution is -1.87. The second kappa shape index (κ2) is 7.65. The minimum absolute atomic E-state index is 0.0257. The molecule has 0 radical (unpaired) electrons. The molecule has 0 heterocycles. The number of para-hydroxylation sites is 1. The van der Waals surface area contributed by atoms with E-state index in [0.29, 0.717) is 28.8 Å². The number of rotatable bonds is 5. The Kier molecular flexibility index (Phi) is 5.12. The molecule has 3 aromatic rings. The van der Waals surface area contributed by atoms with Crippen molar-refractivity contribution < 1.29 is 15.1 Å². The number of benzene rings is 3. The van der Waals surface area contributed by atoms with Crippen LogP contribution >= 0.6 is 0 Å². The molecule has 0 amide bonds. The van der Waals surface area contributed by atoms with E-state index in [2.05, 4.69) is 10.2 Å². The van der Waals surface area contributed by atoms with Gasteiger partial charge in [0, 0.05) is 23.3 Å². The molecule has 0 fully saturated rings. The first-order valence-corrected chi connectivity index (χ1v) is 8.30. The van der Waals surface area contributed by atoms with Gasteiger partial charge in [0.05, 0.1) is 10.6 Å². The molecule has 0 aliphatic rings. The number of nitro groups is 1. The SMILES string of the molecule is CCc1cc(-c2ccccc2N=Nc2ccccc2[N+](=O)[O-])c(O)cc1O. The summed E-state index contributed by atoms with van der Waals surface area (Å²) in [6.07, 6.45) is 0.596. The molecule has 0 spiro atoms. The van der Waals surface area contributed by atoms with E-state index in [9.17, 15) is 20.3 Å². The number of phenols is 2. The van der Waals surface area contributed by atoms with Crippen LogP contribution in [0.3, 0.4) is 0 Å². The van der Waals surface area contributed by atoms with E-state index in [4.69, 9.17) is 0 Å². The first-order chi connectivity index (χ1) is 13.0. The Morgan fingerprint density at radius 3 is 2.22 bits per heavy atom. The van der Waals surface area contributed by atoms with Gasteiger partial charge in [-0.15, -0.1) is 10.2 Å². The molecule has 2 N–H and O–H groups in total. The number of phenolic OH excluding ortho intramolecular Hbond substituents is 2. The van der Waals surface area contributed by atoms with Gasteiger partial charge in [0.15, 0.2) is 5.69 Å². The minimum atomic E-state index is -0.514. The predicted octanol–water partition coefficient (Wildman–Crippen LogP) is 5.65. The molecule has 7 nitrogen and oxygen atoms in total. The number of nitrogens with zero attached hydrogens (tertiary/aromatic N) is 3. The lowest BCUT2D eigenvalue weighted by Gasteiger charge is -2.11. The van der Waals surface area contributed by atoms with E-state index in [1.807, 2.05) is 6.92 Å². The summed E-state index contributed by atoms with van der Waals surface area (Å²) in [5.74, 6) is -0.0594. The molecular formula is C20H17N3O4. The van der Waals surface area contributed by atoms with Crippen molar-refractivity contribution in [3.63, 3.8) is 0 Å². The third-order valence-corrected chi connectivity index (χ3v) is 4.12. The molecule has 7 heteroatoms. The Bertz CT molecular complexity index is 1030. The van der Waals surface area contributed by atoms with Crippen LogP contribution in [0.2, 0.25) is 0 Å². The molecule has 0 unspecified atom stereocenters. The maximum Gasteiger partial charge on any atom is 0.296 e. The van der Waals surface area contributed by atoms with Gasteiger partial charge < -0.3 is 10.2 Å². The highest BCUT2D eigenvalue weighted by Crippen LogP contribution is 2.40. The van der Waals surface area contributed by atoms with Crippen LogP contribution in [0.5, 0.6) is 11.5 Å². The fourth-order valence-corrected chi connectivity index (χ4v) is 2.72. The highest BCUT2D eigenvalue weighted by molar-refractivity contribution is 5.81. The summed E-state index contributed by atoms with van der Waals surface area (Å²) >= 11 is 0. The van der Waals surface area contributed by atoms with E-state index in [0.717, 1.165) is 0 Å². The summed E-state index contributed by atoms with van der Waals surface area (Å²) in [7, 11) is 0. The second-order valence-electron chi connectivity index (χ2n) is 5.81. The summed E-state index contributed by atoms with van der Waals surface area (Å²) in [5, 5.41) is 39.5.